The average Bonchev–Trinajstić information content (AvgIpc) is 2.94. The maximum absolute atomic E-state index is 13.6. The summed E-state index contributed by atoms with van der Waals surface area (Å²) in [6, 6.07) is 28.9. The quantitative estimate of drug-likeness (QED) is 0.253. The number of piperidine rings is 1. The highest BCUT2D eigenvalue weighted by Crippen LogP contribution is 2.32. The summed E-state index contributed by atoms with van der Waals surface area (Å²) >= 11 is 1.39. The van der Waals surface area contributed by atoms with Crippen molar-refractivity contribution in [2.45, 2.75) is 74.0 Å². The van der Waals surface area contributed by atoms with Crippen LogP contribution in [0.15, 0.2) is 95.9 Å². The van der Waals surface area contributed by atoms with Crippen LogP contribution in [0.4, 0.5) is 0 Å². The normalized spacial score (nSPS) is 16.6. The van der Waals surface area contributed by atoms with Crippen molar-refractivity contribution in [3.05, 3.63) is 102 Å². The molecule has 3 aromatic rings. The number of rotatable bonds is 12. The molecule has 0 bridgehead atoms. The number of carbonyl (C=O) groups excluding carboxylic acids is 1. The Morgan fingerprint density at radius 2 is 1.30 bits per heavy atom. The van der Waals surface area contributed by atoms with Crippen LogP contribution in [-0.2, 0) is 27.7 Å². The monoisotopic (exact) mass is 535 g/mol. The molecule has 196 valence electrons. The smallest absolute Gasteiger partial charge is 0.243 e. The van der Waals surface area contributed by atoms with Gasteiger partial charge in [-0.3, -0.25) is 4.79 Å². The van der Waals surface area contributed by atoms with E-state index in [-0.39, 0.29) is 15.3 Å². The van der Waals surface area contributed by atoms with Crippen molar-refractivity contribution in [3.8, 4) is 0 Å². The Balaban J connectivity index is 1.42. The van der Waals surface area contributed by atoms with Crippen molar-refractivity contribution in [1.82, 2.24) is 4.31 Å². The summed E-state index contributed by atoms with van der Waals surface area (Å²) in [5.41, 5.74) is 2.63. The molecule has 3 aromatic carbocycles. The van der Waals surface area contributed by atoms with E-state index in [1.165, 1.54) is 27.2 Å². The lowest BCUT2D eigenvalue weighted by atomic mass is 10.0. The van der Waals surface area contributed by atoms with Gasteiger partial charge < -0.3 is 0 Å². The van der Waals surface area contributed by atoms with E-state index in [9.17, 15) is 13.2 Å². The van der Waals surface area contributed by atoms with Gasteiger partial charge in [-0.1, -0.05) is 97.0 Å². The second-order valence-electron chi connectivity index (χ2n) is 9.75. The standard InChI is InChI=1S/C31H37NO3S2/c33-31(30-24-10-11-25-32(30)37(34,35)29-22-8-3-9-23-29)36-28(20-12-18-26-14-4-1-5-15-26)21-13-19-27-16-6-2-7-17-27/h1-9,14-17,22-23,28,30H,10-13,18-21,24-25H2. The minimum absolute atomic E-state index is 0.00336. The molecule has 0 aromatic heterocycles. The predicted octanol–water partition coefficient (Wildman–Crippen LogP) is 6.90. The molecule has 0 saturated carbocycles. The van der Waals surface area contributed by atoms with E-state index in [0.717, 1.165) is 51.4 Å². The molecule has 0 radical (unpaired) electrons. The van der Waals surface area contributed by atoms with Gasteiger partial charge in [-0.15, -0.1) is 0 Å². The van der Waals surface area contributed by atoms with E-state index in [0.29, 0.717) is 13.0 Å². The van der Waals surface area contributed by atoms with Gasteiger partial charge in [0.2, 0.25) is 15.1 Å². The number of nitrogens with zero attached hydrogens (tertiary/aromatic N) is 1. The molecule has 37 heavy (non-hydrogen) atoms. The van der Waals surface area contributed by atoms with Crippen LogP contribution in [0.3, 0.4) is 0 Å². The molecule has 1 atom stereocenters. The molecule has 1 aliphatic rings. The van der Waals surface area contributed by atoms with Crippen molar-refractivity contribution in [2.75, 3.05) is 6.54 Å². The van der Waals surface area contributed by atoms with Gasteiger partial charge in [-0.25, -0.2) is 8.42 Å². The van der Waals surface area contributed by atoms with E-state index in [1.807, 2.05) is 18.2 Å². The van der Waals surface area contributed by atoms with Gasteiger partial charge in [0.15, 0.2) is 0 Å². The van der Waals surface area contributed by atoms with Crippen LogP contribution in [0.2, 0.25) is 0 Å². The minimum atomic E-state index is -3.70. The third-order valence-corrected chi connectivity index (χ3v) is 10.3. The fraction of sp³-hybridized carbons (Fsp3) is 0.387. The lowest BCUT2D eigenvalue weighted by Gasteiger charge is -2.34. The number of benzene rings is 3. The lowest BCUT2D eigenvalue weighted by molar-refractivity contribution is -0.115. The summed E-state index contributed by atoms with van der Waals surface area (Å²) in [4.78, 5) is 13.9. The van der Waals surface area contributed by atoms with Crippen LogP contribution >= 0.6 is 11.8 Å². The second-order valence-corrected chi connectivity index (χ2v) is 13.0. The first-order chi connectivity index (χ1) is 18.0. The highest BCUT2D eigenvalue weighted by atomic mass is 32.2. The fourth-order valence-electron chi connectivity index (χ4n) is 5.02. The molecule has 1 aliphatic heterocycles. The van der Waals surface area contributed by atoms with Crippen LogP contribution in [0.5, 0.6) is 0 Å². The number of carbonyl (C=O) groups is 1. The Kier molecular flexibility index (Phi) is 10.4. The third-order valence-electron chi connectivity index (χ3n) is 7.03. The molecule has 1 fully saturated rings. The summed E-state index contributed by atoms with van der Waals surface area (Å²) in [5.74, 6) is 0. The molecule has 1 heterocycles. The molecule has 4 rings (SSSR count). The van der Waals surface area contributed by atoms with E-state index < -0.39 is 16.1 Å². The maximum atomic E-state index is 13.6. The van der Waals surface area contributed by atoms with Gasteiger partial charge >= 0.3 is 0 Å². The average molecular weight is 536 g/mol. The summed E-state index contributed by atoms with van der Waals surface area (Å²) < 4.78 is 28.3. The van der Waals surface area contributed by atoms with Crippen LogP contribution in [0.25, 0.3) is 0 Å². The summed E-state index contributed by atoms with van der Waals surface area (Å²) in [6.07, 6.45) is 8.15. The van der Waals surface area contributed by atoms with Gasteiger partial charge in [0.05, 0.1) is 10.9 Å². The van der Waals surface area contributed by atoms with Crippen LogP contribution in [-0.4, -0.2) is 35.7 Å². The Morgan fingerprint density at radius 1 is 0.784 bits per heavy atom. The van der Waals surface area contributed by atoms with E-state index in [1.54, 1.807) is 24.3 Å². The molecule has 4 nitrogen and oxygen atoms in total. The SMILES string of the molecule is O=C(SC(CCCc1ccccc1)CCCc1ccccc1)C1CCCCN1S(=O)(=O)c1ccccc1. The van der Waals surface area contributed by atoms with Crippen molar-refractivity contribution in [3.63, 3.8) is 0 Å². The van der Waals surface area contributed by atoms with Gasteiger partial charge in [-0.2, -0.15) is 4.31 Å². The van der Waals surface area contributed by atoms with Crippen molar-refractivity contribution in [2.24, 2.45) is 0 Å². The van der Waals surface area contributed by atoms with Gasteiger partial charge in [-0.05, 0) is 74.6 Å². The van der Waals surface area contributed by atoms with Crippen molar-refractivity contribution >= 4 is 26.9 Å². The number of thioether (sulfide) groups is 1. The fourth-order valence-corrected chi connectivity index (χ4v) is 8.06. The molecule has 0 N–H and O–H groups in total. The molecule has 0 spiro atoms. The van der Waals surface area contributed by atoms with Crippen LogP contribution in [0, 0.1) is 0 Å². The van der Waals surface area contributed by atoms with Gasteiger partial charge in [0.25, 0.3) is 0 Å². The maximum Gasteiger partial charge on any atom is 0.243 e. The second kappa shape index (κ2) is 13.9. The van der Waals surface area contributed by atoms with E-state index in [2.05, 4.69) is 48.5 Å². The Labute approximate surface area is 226 Å². The molecule has 0 aliphatic carbocycles. The van der Waals surface area contributed by atoms with Crippen molar-refractivity contribution in [1.29, 1.82) is 0 Å². The zero-order valence-corrected chi connectivity index (χ0v) is 23.0. The minimum Gasteiger partial charge on any atom is -0.285 e. The first-order valence-corrected chi connectivity index (χ1v) is 15.7. The van der Waals surface area contributed by atoms with Gasteiger partial charge in [0, 0.05) is 11.8 Å². The predicted molar refractivity (Wildman–Crippen MR) is 153 cm³/mol. The van der Waals surface area contributed by atoms with Crippen LogP contribution in [0.1, 0.15) is 56.1 Å². The molecule has 1 unspecified atom stereocenters. The number of hydrogen-bond donors (Lipinski definition) is 0. The Hall–Kier alpha value is -2.41. The Bertz CT molecular complexity index is 1160. The first kappa shape index (κ1) is 27.6. The highest BCUT2D eigenvalue weighted by molar-refractivity contribution is 8.14. The summed E-state index contributed by atoms with van der Waals surface area (Å²) in [7, 11) is -3.70. The zero-order valence-electron chi connectivity index (χ0n) is 21.4. The molecular weight excluding hydrogens is 498 g/mol. The summed E-state index contributed by atoms with van der Waals surface area (Å²) in [6.45, 7) is 0.404. The number of hydrogen-bond acceptors (Lipinski definition) is 4. The topological polar surface area (TPSA) is 54.5 Å². The molecule has 0 amide bonds. The van der Waals surface area contributed by atoms with Gasteiger partial charge in [0.1, 0.15) is 0 Å². The van der Waals surface area contributed by atoms with Crippen LogP contribution < -0.4 is 0 Å². The Morgan fingerprint density at radius 3 is 1.84 bits per heavy atom. The lowest BCUT2D eigenvalue weighted by Crippen LogP contribution is -2.47. The molecule has 6 heteroatoms. The third kappa shape index (κ3) is 8.03. The molecular formula is C31H37NO3S2. The molecule has 1 saturated heterocycles. The summed E-state index contributed by atoms with van der Waals surface area (Å²) in [5, 5.41) is 0.187. The number of aryl methyl sites for hydroxylation is 2. The van der Waals surface area contributed by atoms with Crippen molar-refractivity contribution < 1.29 is 13.2 Å². The first-order valence-electron chi connectivity index (χ1n) is 13.4. The number of sulfonamides is 1. The largest absolute Gasteiger partial charge is 0.285 e. The van der Waals surface area contributed by atoms with E-state index in [4.69, 9.17) is 0 Å². The van der Waals surface area contributed by atoms with E-state index >= 15 is 0 Å². The highest BCUT2D eigenvalue weighted by Gasteiger charge is 2.38. The zero-order chi connectivity index (χ0) is 25.9.